The minimum Gasteiger partial charge on any atom is -0.480 e. The molecule has 0 aliphatic rings. The Kier molecular flexibility index (Phi) is 7.53. The molecule has 0 saturated carbocycles. The van der Waals surface area contributed by atoms with Crippen molar-refractivity contribution in [3.63, 3.8) is 0 Å². The summed E-state index contributed by atoms with van der Waals surface area (Å²) < 4.78 is 10.7. The minimum absolute atomic E-state index is 0.248. The molecule has 1 rings (SSSR count). The Balaban J connectivity index is 2.39. The van der Waals surface area contributed by atoms with Crippen LogP contribution in [0.4, 0.5) is 0 Å². The molecule has 21 heavy (non-hydrogen) atoms. The Bertz CT molecular complexity index is 510. The van der Waals surface area contributed by atoms with Crippen molar-refractivity contribution in [3.05, 3.63) is 27.7 Å². The number of halogens is 2. The van der Waals surface area contributed by atoms with Crippen LogP contribution in [0.1, 0.15) is 19.8 Å². The van der Waals surface area contributed by atoms with Crippen molar-refractivity contribution < 1.29 is 19.1 Å². The highest BCUT2D eigenvalue weighted by Gasteiger charge is 2.15. The summed E-state index contributed by atoms with van der Waals surface area (Å²) in [5.74, 6) is -0.00281. The second-order valence-corrected chi connectivity index (χ2v) is 5.60. The fourth-order valence-corrected chi connectivity index (χ4v) is 2.28. The molecule has 116 valence electrons. The molecule has 0 bridgehead atoms. The topological polar surface area (TPSA) is 64.6 Å². The van der Waals surface area contributed by atoms with E-state index in [0.717, 1.165) is 0 Å². The SMILES string of the molecule is COC(=O)CCCNC(=O)C(C)Oc1ccc(Cl)cc1Br. The largest absolute Gasteiger partial charge is 0.480 e. The van der Waals surface area contributed by atoms with Gasteiger partial charge in [-0.3, -0.25) is 9.59 Å². The lowest BCUT2D eigenvalue weighted by Gasteiger charge is -2.15. The van der Waals surface area contributed by atoms with E-state index in [1.54, 1.807) is 25.1 Å². The van der Waals surface area contributed by atoms with E-state index >= 15 is 0 Å². The van der Waals surface area contributed by atoms with Crippen molar-refractivity contribution in [2.24, 2.45) is 0 Å². The van der Waals surface area contributed by atoms with Gasteiger partial charge in [-0.05, 0) is 47.5 Å². The number of ether oxygens (including phenoxy) is 2. The third-order valence-electron chi connectivity index (χ3n) is 2.65. The number of carbonyl (C=O) groups is 2. The lowest BCUT2D eigenvalue weighted by molar-refractivity contribution is -0.140. The summed E-state index contributed by atoms with van der Waals surface area (Å²) in [5, 5.41) is 3.28. The van der Waals surface area contributed by atoms with Gasteiger partial charge in [0, 0.05) is 18.0 Å². The molecule has 1 aromatic rings. The van der Waals surface area contributed by atoms with Crippen LogP contribution in [-0.2, 0) is 14.3 Å². The van der Waals surface area contributed by atoms with Gasteiger partial charge in [-0.1, -0.05) is 11.6 Å². The van der Waals surface area contributed by atoms with Gasteiger partial charge >= 0.3 is 5.97 Å². The van der Waals surface area contributed by atoms with Crippen LogP contribution in [0.3, 0.4) is 0 Å². The number of amides is 1. The van der Waals surface area contributed by atoms with Gasteiger partial charge in [0.1, 0.15) is 5.75 Å². The third-order valence-corrected chi connectivity index (χ3v) is 3.51. The van der Waals surface area contributed by atoms with E-state index in [4.69, 9.17) is 16.3 Å². The van der Waals surface area contributed by atoms with Crippen LogP contribution < -0.4 is 10.1 Å². The van der Waals surface area contributed by atoms with Gasteiger partial charge in [-0.15, -0.1) is 0 Å². The monoisotopic (exact) mass is 377 g/mol. The first kappa shape index (κ1) is 17.8. The quantitative estimate of drug-likeness (QED) is 0.585. The van der Waals surface area contributed by atoms with Crippen molar-refractivity contribution in [2.75, 3.05) is 13.7 Å². The number of benzene rings is 1. The molecule has 0 fully saturated rings. The molecule has 1 atom stereocenters. The summed E-state index contributed by atoms with van der Waals surface area (Å²) in [7, 11) is 1.33. The molecule has 0 saturated heterocycles. The predicted octanol–water partition coefficient (Wildman–Crippen LogP) is 2.94. The van der Waals surface area contributed by atoms with Crippen molar-refractivity contribution in [1.82, 2.24) is 5.32 Å². The van der Waals surface area contributed by atoms with Crippen LogP contribution in [0.5, 0.6) is 5.75 Å². The normalized spacial score (nSPS) is 11.6. The average Bonchev–Trinajstić information content (AvgIpc) is 2.45. The van der Waals surface area contributed by atoms with E-state index in [0.29, 0.717) is 28.2 Å². The van der Waals surface area contributed by atoms with Crippen LogP contribution in [0, 0.1) is 0 Å². The fraction of sp³-hybridized carbons (Fsp3) is 0.429. The molecule has 0 aromatic heterocycles. The average molecular weight is 379 g/mol. The van der Waals surface area contributed by atoms with Crippen molar-refractivity contribution >= 4 is 39.4 Å². The van der Waals surface area contributed by atoms with E-state index in [2.05, 4.69) is 26.0 Å². The lowest BCUT2D eigenvalue weighted by Crippen LogP contribution is -2.37. The van der Waals surface area contributed by atoms with E-state index in [1.165, 1.54) is 7.11 Å². The Labute approximate surface area is 137 Å². The molecule has 7 heteroatoms. The van der Waals surface area contributed by atoms with Crippen LogP contribution >= 0.6 is 27.5 Å². The molecule has 5 nitrogen and oxygen atoms in total. The summed E-state index contributed by atoms with van der Waals surface area (Å²) in [6.45, 7) is 2.04. The zero-order chi connectivity index (χ0) is 15.8. The smallest absolute Gasteiger partial charge is 0.305 e. The first-order chi connectivity index (χ1) is 9.93. The number of carbonyl (C=O) groups excluding carboxylic acids is 2. The van der Waals surface area contributed by atoms with E-state index in [-0.39, 0.29) is 18.3 Å². The van der Waals surface area contributed by atoms with Gasteiger partial charge in [0.15, 0.2) is 6.10 Å². The summed E-state index contributed by atoms with van der Waals surface area (Å²) >= 11 is 9.16. The van der Waals surface area contributed by atoms with Crippen molar-refractivity contribution in [3.8, 4) is 5.75 Å². The molecule has 0 aliphatic carbocycles. The highest BCUT2D eigenvalue weighted by atomic mass is 79.9. The molecule has 1 unspecified atom stereocenters. The zero-order valence-corrected chi connectivity index (χ0v) is 14.2. The number of nitrogens with one attached hydrogen (secondary N) is 1. The van der Waals surface area contributed by atoms with E-state index in [9.17, 15) is 9.59 Å². The maximum Gasteiger partial charge on any atom is 0.305 e. The van der Waals surface area contributed by atoms with Gasteiger partial charge in [-0.2, -0.15) is 0 Å². The predicted molar refractivity (Wildman–Crippen MR) is 83.5 cm³/mol. The highest BCUT2D eigenvalue weighted by molar-refractivity contribution is 9.10. The van der Waals surface area contributed by atoms with Crippen LogP contribution in [-0.4, -0.2) is 31.6 Å². The molecule has 1 N–H and O–H groups in total. The Morgan fingerprint density at radius 3 is 2.76 bits per heavy atom. The second-order valence-electron chi connectivity index (χ2n) is 4.31. The van der Waals surface area contributed by atoms with Crippen LogP contribution in [0.15, 0.2) is 22.7 Å². The minimum atomic E-state index is -0.652. The van der Waals surface area contributed by atoms with Crippen LogP contribution in [0.25, 0.3) is 0 Å². The number of hydrogen-bond acceptors (Lipinski definition) is 4. The molecule has 1 aromatic carbocycles. The molecular formula is C14H17BrClNO4. The van der Waals surface area contributed by atoms with Gasteiger partial charge in [0.2, 0.25) is 0 Å². The maximum absolute atomic E-state index is 11.8. The summed E-state index contributed by atoms with van der Waals surface area (Å²) in [5.41, 5.74) is 0. The standard InChI is InChI=1S/C14H17BrClNO4/c1-9(14(19)17-7-3-4-13(18)20-2)21-12-6-5-10(16)8-11(12)15/h5-6,8-9H,3-4,7H2,1-2H3,(H,17,19). The van der Waals surface area contributed by atoms with Gasteiger partial charge in [0.25, 0.3) is 5.91 Å². The molecule has 0 heterocycles. The second kappa shape index (κ2) is 8.89. The van der Waals surface area contributed by atoms with E-state index < -0.39 is 6.10 Å². The first-order valence-electron chi connectivity index (χ1n) is 6.40. The Hall–Kier alpha value is -1.27. The fourth-order valence-electron chi connectivity index (χ4n) is 1.50. The number of hydrogen-bond donors (Lipinski definition) is 1. The summed E-state index contributed by atoms with van der Waals surface area (Å²) in [6, 6.07) is 5.06. The van der Waals surface area contributed by atoms with Gasteiger partial charge < -0.3 is 14.8 Å². The Morgan fingerprint density at radius 1 is 1.43 bits per heavy atom. The van der Waals surface area contributed by atoms with Crippen LogP contribution in [0.2, 0.25) is 5.02 Å². The number of methoxy groups -OCH3 is 1. The van der Waals surface area contributed by atoms with Gasteiger partial charge in [-0.25, -0.2) is 0 Å². The maximum atomic E-state index is 11.8. The summed E-state index contributed by atoms with van der Waals surface area (Å²) in [4.78, 5) is 22.8. The highest BCUT2D eigenvalue weighted by Crippen LogP contribution is 2.28. The molecule has 0 aliphatic heterocycles. The Morgan fingerprint density at radius 2 is 2.14 bits per heavy atom. The summed E-state index contributed by atoms with van der Waals surface area (Å²) in [6.07, 6.45) is 0.144. The van der Waals surface area contributed by atoms with E-state index in [1.807, 2.05) is 0 Å². The van der Waals surface area contributed by atoms with Gasteiger partial charge in [0.05, 0.1) is 11.6 Å². The van der Waals surface area contributed by atoms with Crippen molar-refractivity contribution in [2.45, 2.75) is 25.9 Å². The molecular weight excluding hydrogens is 362 g/mol. The lowest BCUT2D eigenvalue weighted by atomic mass is 10.3. The van der Waals surface area contributed by atoms with Crippen molar-refractivity contribution in [1.29, 1.82) is 0 Å². The molecule has 0 radical (unpaired) electrons. The molecule has 1 amide bonds. The third kappa shape index (κ3) is 6.35. The zero-order valence-electron chi connectivity index (χ0n) is 11.8. The molecule has 0 spiro atoms. The number of rotatable bonds is 7. The number of esters is 1. The first-order valence-corrected chi connectivity index (χ1v) is 7.57.